The van der Waals surface area contributed by atoms with Gasteiger partial charge in [-0.2, -0.15) is 0 Å². The molecule has 7 heteroatoms. The van der Waals surface area contributed by atoms with Gasteiger partial charge in [0.15, 0.2) is 0 Å². The van der Waals surface area contributed by atoms with Crippen molar-refractivity contribution in [1.82, 2.24) is 9.88 Å². The van der Waals surface area contributed by atoms with E-state index in [2.05, 4.69) is 4.98 Å². The highest BCUT2D eigenvalue weighted by atomic mass is 16.6. The molecule has 2 aliphatic rings. The van der Waals surface area contributed by atoms with E-state index < -0.39 is 0 Å². The maximum Gasteiger partial charge on any atom is 0.301 e. The van der Waals surface area contributed by atoms with Crippen molar-refractivity contribution in [2.75, 3.05) is 31.1 Å². The van der Waals surface area contributed by atoms with Crippen LogP contribution in [0.2, 0.25) is 0 Å². The zero-order valence-electron chi connectivity index (χ0n) is 16.0. The summed E-state index contributed by atoms with van der Waals surface area (Å²) in [5, 5.41) is 12.3. The van der Waals surface area contributed by atoms with Crippen LogP contribution in [0.3, 0.4) is 0 Å². The van der Waals surface area contributed by atoms with Gasteiger partial charge < -0.3 is 9.80 Å². The third kappa shape index (κ3) is 3.79. The van der Waals surface area contributed by atoms with Crippen molar-refractivity contribution in [3.05, 3.63) is 40.6 Å². The zero-order valence-corrected chi connectivity index (χ0v) is 16.0. The molecule has 1 aliphatic heterocycles. The van der Waals surface area contributed by atoms with E-state index in [0.29, 0.717) is 55.1 Å². The Hall–Kier alpha value is -2.70. The third-order valence-electron chi connectivity index (χ3n) is 6.08. The number of anilines is 1. The van der Waals surface area contributed by atoms with E-state index in [9.17, 15) is 14.9 Å². The molecule has 2 fully saturated rings. The van der Waals surface area contributed by atoms with Crippen molar-refractivity contribution in [3.63, 3.8) is 0 Å². The summed E-state index contributed by atoms with van der Waals surface area (Å²) in [6.07, 6.45) is 8.41. The average Bonchev–Trinajstić information content (AvgIpc) is 2.73. The second-order valence-corrected chi connectivity index (χ2v) is 7.84. The van der Waals surface area contributed by atoms with Crippen molar-refractivity contribution in [2.45, 2.75) is 38.5 Å². The first-order valence-corrected chi connectivity index (χ1v) is 10.2. The lowest BCUT2D eigenvalue weighted by Gasteiger charge is -2.36. The minimum atomic E-state index is -0.319. The predicted octanol–water partition coefficient (Wildman–Crippen LogP) is 3.76. The summed E-state index contributed by atoms with van der Waals surface area (Å²) in [5.41, 5.74) is 1.34. The molecule has 0 radical (unpaired) electrons. The quantitative estimate of drug-likeness (QED) is 0.594. The lowest BCUT2D eigenvalue weighted by atomic mass is 9.86. The molecular weight excluding hydrogens is 356 g/mol. The number of aromatic nitrogens is 1. The summed E-state index contributed by atoms with van der Waals surface area (Å²) in [7, 11) is 0. The number of carbonyl (C=O) groups is 1. The van der Waals surface area contributed by atoms with E-state index in [-0.39, 0.29) is 16.5 Å². The van der Waals surface area contributed by atoms with Gasteiger partial charge >= 0.3 is 5.69 Å². The molecule has 1 saturated heterocycles. The number of nitro groups is 1. The smallest absolute Gasteiger partial charge is 0.301 e. The first-order chi connectivity index (χ1) is 13.6. The van der Waals surface area contributed by atoms with Gasteiger partial charge in [-0.15, -0.1) is 0 Å². The Labute approximate surface area is 164 Å². The fourth-order valence-corrected chi connectivity index (χ4v) is 4.54. The molecule has 1 amide bonds. The first-order valence-electron chi connectivity index (χ1n) is 10.2. The van der Waals surface area contributed by atoms with E-state index in [1.165, 1.54) is 32.1 Å². The van der Waals surface area contributed by atoms with Crippen molar-refractivity contribution in [2.24, 2.45) is 5.92 Å². The van der Waals surface area contributed by atoms with Gasteiger partial charge in [-0.05, 0) is 43.0 Å². The number of benzene rings is 1. The van der Waals surface area contributed by atoms with Gasteiger partial charge in [-0.3, -0.25) is 19.9 Å². The van der Waals surface area contributed by atoms with Crippen LogP contribution in [-0.4, -0.2) is 46.9 Å². The molecule has 28 heavy (non-hydrogen) atoms. The third-order valence-corrected chi connectivity index (χ3v) is 6.08. The van der Waals surface area contributed by atoms with E-state index in [0.717, 1.165) is 0 Å². The van der Waals surface area contributed by atoms with Crippen LogP contribution >= 0.6 is 0 Å². The lowest BCUT2D eigenvalue weighted by Crippen LogP contribution is -2.49. The summed E-state index contributed by atoms with van der Waals surface area (Å²) < 4.78 is 0. The van der Waals surface area contributed by atoms with Crippen LogP contribution < -0.4 is 4.90 Å². The number of amides is 1. The SMILES string of the molecule is O=C(CC1CCCCC1)N1CCN(c2ccc3ncccc3c2[N+](=O)[O-])CC1. The molecule has 0 spiro atoms. The second-order valence-electron chi connectivity index (χ2n) is 7.84. The minimum Gasteiger partial charge on any atom is -0.362 e. The molecule has 0 atom stereocenters. The predicted molar refractivity (Wildman–Crippen MR) is 108 cm³/mol. The summed E-state index contributed by atoms with van der Waals surface area (Å²) in [6, 6.07) is 7.08. The Balaban J connectivity index is 1.45. The fraction of sp³-hybridized carbons (Fsp3) is 0.524. The van der Waals surface area contributed by atoms with Gasteiger partial charge in [0.25, 0.3) is 0 Å². The average molecular weight is 382 g/mol. The van der Waals surface area contributed by atoms with Crippen LogP contribution in [0.4, 0.5) is 11.4 Å². The number of nitro benzene ring substituents is 1. The van der Waals surface area contributed by atoms with Gasteiger partial charge in [0.2, 0.25) is 5.91 Å². The number of carbonyl (C=O) groups excluding carboxylic acids is 1. The molecule has 1 aromatic carbocycles. The summed E-state index contributed by atoms with van der Waals surface area (Å²) in [6.45, 7) is 2.47. The molecule has 1 aromatic heterocycles. The highest BCUT2D eigenvalue weighted by Crippen LogP contribution is 2.35. The molecular formula is C21H26N4O3. The number of rotatable bonds is 4. The van der Waals surface area contributed by atoms with Crippen molar-refractivity contribution in [3.8, 4) is 0 Å². The van der Waals surface area contributed by atoms with Crippen LogP contribution in [0.25, 0.3) is 10.9 Å². The van der Waals surface area contributed by atoms with Crippen LogP contribution in [0.15, 0.2) is 30.5 Å². The Morgan fingerprint density at radius 2 is 1.86 bits per heavy atom. The molecule has 7 nitrogen and oxygen atoms in total. The van der Waals surface area contributed by atoms with Crippen molar-refractivity contribution < 1.29 is 9.72 Å². The van der Waals surface area contributed by atoms with Gasteiger partial charge in [-0.1, -0.05) is 19.3 Å². The van der Waals surface area contributed by atoms with Crippen LogP contribution in [0.5, 0.6) is 0 Å². The van der Waals surface area contributed by atoms with Crippen LogP contribution in [-0.2, 0) is 4.79 Å². The highest BCUT2D eigenvalue weighted by Gasteiger charge is 2.28. The van der Waals surface area contributed by atoms with Gasteiger partial charge in [-0.25, -0.2) is 0 Å². The van der Waals surface area contributed by atoms with Crippen LogP contribution in [0, 0.1) is 16.0 Å². The van der Waals surface area contributed by atoms with Crippen molar-refractivity contribution >= 4 is 28.2 Å². The highest BCUT2D eigenvalue weighted by molar-refractivity contribution is 5.94. The number of pyridine rings is 1. The first kappa shape index (κ1) is 18.7. The maximum absolute atomic E-state index is 12.7. The van der Waals surface area contributed by atoms with Crippen molar-refractivity contribution in [1.29, 1.82) is 0 Å². The number of hydrogen-bond acceptors (Lipinski definition) is 5. The number of fused-ring (bicyclic) bond motifs is 1. The van der Waals surface area contributed by atoms with Gasteiger partial charge in [0.1, 0.15) is 5.69 Å². The molecule has 0 bridgehead atoms. The Bertz CT molecular complexity index is 871. The summed E-state index contributed by atoms with van der Waals surface area (Å²) in [5.74, 6) is 0.775. The summed E-state index contributed by atoms with van der Waals surface area (Å²) >= 11 is 0. The fourth-order valence-electron chi connectivity index (χ4n) is 4.54. The molecule has 0 unspecified atom stereocenters. The largest absolute Gasteiger partial charge is 0.362 e. The van der Waals surface area contributed by atoms with Gasteiger partial charge in [0.05, 0.1) is 15.8 Å². The topological polar surface area (TPSA) is 79.6 Å². The molecule has 2 heterocycles. The Kier molecular flexibility index (Phi) is 5.41. The Morgan fingerprint density at radius 1 is 1.11 bits per heavy atom. The lowest BCUT2D eigenvalue weighted by molar-refractivity contribution is -0.382. The second kappa shape index (κ2) is 8.12. The molecule has 4 rings (SSSR count). The summed E-state index contributed by atoms with van der Waals surface area (Å²) in [4.78, 5) is 32.3. The zero-order chi connectivity index (χ0) is 19.5. The minimum absolute atomic E-state index is 0.104. The number of nitrogens with zero attached hydrogens (tertiary/aromatic N) is 4. The van der Waals surface area contributed by atoms with E-state index in [1.807, 2.05) is 15.9 Å². The molecule has 0 N–H and O–H groups in total. The number of piperazine rings is 1. The number of hydrogen-bond donors (Lipinski definition) is 0. The maximum atomic E-state index is 12.7. The molecule has 148 valence electrons. The standard InChI is InChI=1S/C21H26N4O3/c26-20(15-16-5-2-1-3-6-16)24-13-11-23(12-14-24)19-9-8-18-17(7-4-10-22-18)21(19)25(27)28/h4,7-10,16H,1-3,5-6,11-15H2. The van der Waals surface area contributed by atoms with E-state index >= 15 is 0 Å². The molecule has 2 aromatic rings. The van der Waals surface area contributed by atoms with Crippen LogP contribution in [0.1, 0.15) is 38.5 Å². The van der Waals surface area contributed by atoms with Gasteiger partial charge in [0, 0.05) is 38.8 Å². The van der Waals surface area contributed by atoms with E-state index in [4.69, 9.17) is 0 Å². The molecule has 1 aliphatic carbocycles. The molecule has 1 saturated carbocycles. The Morgan fingerprint density at radius 3 is 2.57 bits per heavy atom. The monoisotopic (exact) mass is 382 g/mol. The van der Waals surface area contributed by atoms with E-state index in [1.54, 1.807) is 24.4 Å². The normalized spacial score (nSPS) is 18.4.